The van der Waals surface area contributed by atoms with Crippen LogP contribution in [-0.4, -0.2) is 36.7 Å². The van der Waals surface area contributed by atoms with Crippen LogP contribution < -0.4 is 0 Å². The SMILES string of the molecule is C=C(CN=C=O)CC1CCN(C(C)C)C1. The van der Waals surface area contributed by atoms with Gasteiger partial charge in [0.15, 0.2) is 0 Å². The Bertz CT molecular complexity index is 267. The van der Waals surface area contributed by atoms with E-state index in [9.17, 15) is 4.79 Å². The molecule has 0 aromatic carbocycles. The standard InChI is InChI=1S/C12H20N2O/c1-10(2)14-5-4-12(8-14)6-11(3)7-13-9-15/h10,12H,3-8H2,1-2H3. The van der Waals surface area contributed by atoms with E-state index in [0.717, 1.165) is 18.5 Å². The molecule has 1 aliphatic heterocycles. The van der Waals surface area contributed by atoms with Gasteiger partial charge in [0.25, 0.3) is 0 Å². The summed E-state index contributed by atoms with van der Waals surface area (Å²) in [5, 5.41) is 0. The Morgan fingerprint density at radius 2 is 2.40 bits per heavy atom. The molecular weight excluding hydrogens is 188 g/mol. The molecule has 1 aliphatic rings. The monoisotopic (exact) mass is 208 g/mol. The molecule has 3 heteroatoms. The quantitative estimate of drug-likeness (QED) is 0.393. The number of aliphatic imine (C=N–C) groups is 1. The van der Waals surface area contributed by atoms with Crippen molar-refractivity contribution in [2.24, 2.45) is 10.9 Å². The van der Waals surface area contributed by atoms with Crippen LogP contribution in [0.1, 0.15) is 26.7 Å². The van der Waals surface area contributed by atoms with Gasteiger partial charge in [0.05, 0.1) is 6.54 Å². The molecule has 3 nitrogen and oxygen atoms in total. The summed E-state index contributed by atoms with van der Waals surface area (Å²) in [6, 6.07) is 0.635. The molecule has 0 saturated carbocycles. The Morgan fingerprint density at radius 1 is 1.67 bits per heavy atom. The normalized spacial score (nSPS) is 21.7. The second-order valence-corrected chi connectivity index (χ2v) is 4.61. The number of nitrogens with zero attached hydrogens (tertiary/aromatic N) is 2. The van der Waals surface area contributed by atoms with Crippen molar-refractivity contribution in [1.82, 2.24) is 4.90 Å². The van der Waals surface area contributed by atoms with Gasteiger partial charge in [0, 0.05) is 12.6 Å². The van der Waals surface area contributed by atoms with Crippen molar-refractivity contribution >= 4 is 6.08 Å². The molecule has 0 bridgehead atoms. The Kier molecular flexibility index (Phi) is 4.73. The minimum atomic E-state index is 0.446. The molecule has 1 unspecified atom stereocenters. The van der Waals surface area contributed by atoms with Crippen molar-refractivity contribution in [3.05, 3.63) is 12.2 Å². The van der Waals surface area contributed by atoms with E-state index >= 15 is 0 Å². The highest BCUT2D eigenvalue weighted by atomic mass is 16.1. The molecular formula is C12H20N2O. The summed E-state index contributed by atoms with van der Waals surface area (Å²) in [7, 11) is 0. The van der Waals surface area contributed by atoms with E-state index < -0.39 is 0 Å². The fourth-order valence-corrected chi connectivity index (χ4v) is 2.12. The van der Waals surface area contributed by atoms with Gasteiger partial charge < -0.3 is 4.90 Å². The van der Waals surface area contributed by atoms with Gasteiger partial charge in [0.1, 0.15) is 0 Å². The largest absolute Gasteiger partial charge is 0.301 e. The molecule has 1 rings (SSSR count). The molecule has 0 spiro atoms. The van der Waals surface area contributed by atoms with Gasteiger partial charge in [-0.25, -0.2) is 9.79 Å². The van der Waals surface area contributed by atoms with Crippen molar-refractivity contribution < 1.29 is 4.79 Å². The number of rotatable bonds is 5. The van der Waals surface area contributed by atoms with Crippen molar-refractivity contribution in [3.8, 4) is 0 Å². The summed E-state index contributed by atoms with van der Waals surface area (Å²) in [6.45, 7) is 11.2. The van der Waals surface area contributed by atoms with Crippen LogP contribution in [0.5, 0.6) is 0 Å². The smallest absolute Gasteiger partial charge is 0.235 e. The minimum Gasteiger partial charge on any atom is -0.301 e. The minimum absolute atomic E-state index is 0.446. The fraction of sp³-hybridized carbons (Fsp3) is 0.750. The predicted octanol–water partition coefficient (Wildman–Crippen LogP) is 2.00. The molecule has 1 atom stereocenters. The van der Waals surface area contributed by atoms with E-state index in [4.69, 9.17) is 0 Å². The lowest BCUT2D eigenvalue weighted by atomic mass is 10.00. The fourth-order valence-electron chi connectivity index (χ4n) is 2.12. The van der Waals surface area contributed by atoms with Crippen LogP contribution in [0.4, 0.5) is 0 Å². The molecule has 1 fully saturated rings. The molecule has 84 valence electrons. The first kappa shape index (κ1) is 12.2. The summed E-state index contributed by atoms with van der Waals surface area (Å²) in [5.41, 5.74) is 1.05. The number of hydrogen-bond donors (Lipinski definition) is 0. The van der Waals surface area contributed by atoms with Crippen molar-refractivity contribution in [2.45, 2.75) is 32.7 Å². The van der Waals surface area contributed by atoms with Crippen molar-refractivity contribution in [1.29, 1.82) is 0 Å². The van der Waals surface area contributed by atoms with E-state index in [1.165, 1.54) is 13.0 Å². The number of likely N-dealkylation sites (tertiary alicyclic amines) is 1. The number of isocyanates is 1. The third-order valence-electron chi connectivity index (χ3n) is 2.99. The van der Waals surface area contributed by atoms with Gasteiger partial charge in [-0.15, -0.1) is 0 Å². The first-order chi connectivity index (χ1) is 7.13. The third kappa shape index (κ3) is 3.98. The Hall–Kier alpha value is -0.920. The van der Waals surface area contributed by atoms with E-state index in [1.54, 1.807) is 6.08 Å². The summed E-state index contributed by atoms with van der Waals surface area (Å²) in [5.74, 6) is 0.696. The number of carbonyl (C=O) groups excluding carboxylic acids is 1. The average Bonchev–Trinajstić information content (AvgIpc) is 2.63. The van der Waals surface area contributed by atoms with Crippen molar-refractivity contribution in [2.75, 3.05) is 19.6 Å². The molecule has 0 aliphatic carbocycles. The Labute approximate surface area is 91.9 Å². The van der Waals surface area contributed by atoms with Crippen LogP contribution in [0, 0.1) is 5.92 Å². The highest BCUT2D eigenvalue weighted by Crippen LogP contribution is 2.24. The van der Waals surface area contributed by atoms with Gasteiger partial charge in [-0.3, -0.25) is 0 Å². The van der Waals surface area contributed by atoms with Crippen LogP contribution in [0.2, 0.25) is 0 Å². The summed E-state index contributed by atoms with van der Waals surface area (Å²) < 4.78 is 0. The van der Waals surface area contributed by atoms with E-state index in [1.807, 2.05) is 0 Å². The maximum atomic E-state index is 9.95. The van der Waals surface area contributed by atoms with Gasteiger partial charge >= 0.3 is 0 Å². The van der Waals surface area contributed by atoms with Gasteiger partial charge in [-0.1, -0.05) is 12.2 Å². The van der Waals surface area contributed by atoms with Gasteiger partial charge in [-0.2, -0.15) is 0 Å². The Morgan fingerprint density at radius 3 is 2.93 bits per heavy atom. The Balaban J connectivity index is 2.29. The molecule has 0 radical (unpaired) electrons. The molecule has 1 saturated heterocycles. The van der Waals surface area contributed by atoms with Crippen molar-refractivity contribution in [3.63, 3.8) is 0 Å². The molecule has 0 N–H and O–H groups in total. The van der Waals surface area contributed by atoms with Crippen LogP contribution in [-0.2, 0) is 4.79 Å². The van der Waals surface area contributed by atoms with Gasteiger partial charge in [0.2, 0.25) is 6.08 Å². The zero-order valence-electron chi connectivity index (χ0n) is 9.70. The zero-order valence-corrected chi connectivity index (χ0v) is 9.70. The van der Waals surface area contributed by atoms with E-state index in [2.05, 4.69) is 30.3 Å². The second-order valence-electron chi connectivity index (χ2n) is 4.61. The summed E-state index contributed by atoms with van der Waals surface area (Å²) in [6.07, 6.45) is 3.79. The second kappa shape index (κ2) is 5.84. The molecule has 0 aromatic heterocycles. The first-order valence-electron chi connectivity index (χ1n) is 5.57. The highest BCUT2D eigenvalue weighted by molar-refractivity contribution is 5.33. The molecule has 0 amide bonds. The highest BCUT2D eigenvalue weighted by Gasteiger charge is 2.24. The lowest BCUT2D eigenvalue weighted by Crippen LogP contribution is -2.28. The molecule has 15 heavy (non-hydrogen) atoms. The van der Waals surface area contributed by atoms with E-state index in [0.29, 0.717) is 18.5 Å². The van der Waals surface area contributed by atoms with Crippen LogP contribution in [0.25, 0.3) is 0 Å². The van der Waals surface area contributed by atoms with Gasteiger partial charge in [-0.05, 0) is 39.2 Å². The summed E-state index contributed by atoms with van der Waals surface area (Å²) in [4.78, 5) is 16.0. The maximum absolute atomic E-state index is 9.95. The topological polar surface area (TPSA) is 32.7 Å². The van der Waals surface area contributed by atoms with Crippen LogP contribution in [0.3, 0.4) is 0 Å². The van der Waals surface area contributed by atoms with E-state index in [-0.39, 0.29) is 0 Å². The maximum Gasteiger partial charge on any atom is 0.235 e. The van der Waals surface area contributed by atoms with Crippen LogP contribution in [0.15, 0.2) is 17.1 Å². The first-order valence-corrected chi connectivity index (χ1v) is 5.57. The lowest BCUT2D eigenvalue weighted by Gasteiger charge is -2.20. The zero-order chi connectivity index (χ0) is 11.3. The average molecular weight is 208 g/mol. The van der Waals surface area contributed by atoms with Crippen LogP contribution >= 0.6 is 0 Å². The molecule has 0 aromatic rings. The summed E-state index contributed by atoms with van der Waals surface area (Å²) >= 11 is 0. The number of hydrogen-bond acceptors (Lipinski definition) is 3. The third-order valence-corrected chi connectivity index (χ3v) is 2.99. The molecule has 1 heterocycles. The lowest BCUT2D eigenvalue weighted by molar-refractivity contribution is 0.265. The predicted molar refractivity (Wildman–Crippen MR) is 61.6 cm³/mol.